The fourth-order valence-corrected chi connectivity index (χ4v) is 1.87. The first-order valence-electron chi connectivity index (χ1n) is 4.20. The minimum Gasteiger partial charge on any atom is -0.315 e. The Hall–Kier alpha value is 0.0500. The fourth-order valence-electron chi connectivity index (χ4n) is 1.11. The van der Waals surface area contributed by atoms with Crippen LogP contribution in [0.2, 0.25) is 0 Å². The molecule has 0 saturated heterocycles. The quantitative estimate of drug-likeness (QED) is 0.485. The largest absolute Gasteiger partial charge is 0.315 e. The number of hydrogen-bond donors (Lipinski definition) is 1. The number of nitrogens with one attached hydrogen (secondary N) is 1. The van der Waals surface area contributed by atoms with Crippen LogP contribution in [0.25, 0.3) is 0 Å². The maximum atomic E-state index is 3.69. The highest BCUT2D eigenvalue weighted by Gasteiger charge is 2.40. The Morgan fingerprint density at radius 2 is 2.36 bits per heavy atom. The average molecular weight is 171 g/mol. The van der Waals surface area contributed by atoms with Crippen molar-refractivity contribution in [2.75, 3.05) is 19.3 Å². The third-order valence-electron chi connectivity index (χ3n) is 2.21. The predicted octanol–water partition coefficient (Wildman–Crippen LogP) is 2.05. The van der Waals surface area contributed by atoms with Crippen LogP contribution in [0.1, 0.15) is 19.3 Å². The van der Waals surface area contributed by atoms with E-state index < -0.39 is 0 Å². The summed E-state index contributed by atoms with van der Waals surface area (Å²) in [7, 11) is 0. The van der Waals surface area contributed by atoms with Crippen molar-refractivity contribution in [2.45, 2.75) is 24.0 Å². The highest BCUT2D eigenvalue weighted by Crippen LogP contribution is 2.46. The van der Waals surface area contributed by atoms with Crippen molar-refractivity contribution >= 4 is 11.8 Å². The lowest BCUT2D eigenvalue weighted by Crippen LogP contribution is -2.26. The molecule has 0 heterocycles. The van der Waals surface area contributed by atoms with E-state index in [0.717, 1.165) is 13.0 Å². The van der Waals surface area contributed by atoms with Crippen LogP contribution in [0.3, 0.4) is 0 Å². The normalized spacial score (nSPS) is 19.7. The summed E-state index contributed by atoms with van der Waals surface area (Å²) in [4.78, 5) is 0. The van der Waals surface area contributed by atoms with E-state index in [1.54, 1.807) is 0 Å². The minimum atomic E-state index is 0.612. The standard InChI is InChI=1S/C9H17NS/c1-3-4-7-10-8-9(11-2)5-6-9/h3,10H,1,4-8H2,2H3. The second kappa shape index (κ2) is 4.17. The molecule has 11 heavy (non-hydrogen) atoms. The molecule has 0 aliphatic heterocycles. The molecular formula is C9H17NS. The molecule has 1 fully saturated rings. The van der Waals surface area contributed by atoms with Gasteiger partial charge in [-0.05, 0) is 32.1 Å². The highest BCUT2D eigenvalue weighted by atomic mass is 32.2. The molecule has 0 amide bonds. The van der Waals surface area contributed by atoms with Gasteiger partial charge in [0, 0.05) is 11.3 Å². The predicted molar refractivity (Wildman–Crippen MR) is 53.2 cm³/mol. The van der Waals surface area contributed by atoms with Crippen molar-refractivity contribution in [1.82, 2.24) is 5.32 Å². The second-order valence-corrected chi connectivity index (χ2v) is 4.42. The molecule has 1 rings (SSSR count). The average Bonchev–Trinajstić information content (AvgIpc) is 2.80. The lowest BCUT2D eigenvalue weighted by molar-refractivity contribution is 0.667. The van der Waals surface area contributed by atoms with E-state index in [9.17, 15) is 0 Å². The maximum absolute atomic E-state index is 3.69. The van der Waals surface area contributed by atoms with Gasteiger partial charge in [-0.25, -0.2) is 0 Å². The van der Waals surface area contributed by atoms with Gasteiger partial charge in [0.05, 0.1) is 0 Å². The van der Waals surface area contributed by atoms with E-state index in [4.69, 9.17) is 0 Å². The Morgan fingerprint density at radius 3 is 2.82 bits per heavy atom. The van der Waals surface area contributed by atoms with E-state index in [1.165, 1.54) is 19.4 Å². The topological polar surface area (TPSA) is 12.0 Å². The molecule has 0 spiro atoms. The van der Waals surface area contributed by atoms with Gasteiger partial charge in [0.15, 0.2) is 0 Å². The van der Waals surface area contributed by atoms with Crippen LogP contribution >= 0.6 is 11.8 Å². The molecule has 1 saturated carbocycles. The van der Waals surface area contributed by atoms with Crippen molar-refractivity contribution in [1.29, 1.82) is 0 Å². The molecule has 0 bridgehead atoms. The van der Waals surface area contributed by atoms with E-state index in [0.29, 0.717) is 4.75 Å². The van der Waals surface area contributed by atoms with Crippen molar-refractivity contribution in [3.63, 3.8) is 0 Å². The van der Waals surface area contributed by atoms with Gasteiger partial charge < -0.3 is 5.32 Å². The van der Waals surface area contributed by atoms with Crippen LogP contribution < -0.4 is 5.32 Å². The van der Waals surface area contributed by atoms with Crippen LogP contribution in [0.5, 0.6) is 0 Å². The fraction of sp³-hybridized carbons (Fsp3) is 0.778. The molecule has 0 radical (unpaired) electrons. The van der Waals surface area contributed by atoms with Gasteiger partial charge in [-0.15, -0.1) is 6.58 Å². The first-order valence-corrected chi connectivity index (χ1v) is 5.42. The monoisotopic (exact) mass is 171 g/mol. The van der Waals surface area contributed by atoms with Crippen molar-refractivity contribution in [3.8, 4) is 0 Å². The summed E-state index contributed by atoms with van der Waals surface area (Å²) in [6, 6.07) is 0. The smallest absolute Gasteiger partial charge is 0.0282 e. The number of thioether (sulfide) groups is 1. The van der Waals surface area contributed by atoms with Gasteiger partial charge in [0.25, 0.3) is 0 Å². The zero-order valence-electron chi connectivity index (χ0n) is 7.23. The molecule has 0 atom stereocenters. The van der Waals surface area contributed by atoms with E-state index in [1.807, 2.05) is 17.8 Å². The Kier molecular flexibility index (Phi) is 3.46. The molecule has 0 aromatic carbocycles. The minimum absolute atomic E-state index is 0.612. The Bertz CT molecular complexity index is 130. The molecule has 1 aliphatic rings. The van der Waals surface area contributed by atoms with Gasteiger partial charge in [-0.3, -0.25) is 0 Å². The summed E-state index contributed by atoms with van der Waals surface area (Å²) in [5.41, 5.74) is 0. The Morgan fingerprint density at radius 1 is 1.64 bits per heavy atom. The van der Waals surface area contributed by atoms with Gasteiger partial charge in [0.1, 0.15) is 0 Å². The molecule has 64 valence electrons. The molecule has 1 N–H and O–H groups in total. The van der Waals surface area contributed by atoms with Crippen LogP contribution in [0.4, 0.5) is 0 Å². The molecule has 2 heteroatoms. The van der Waals surface area contributed by atoms with Gasteiger partial charge >= 0.3 is 0 Å². The molecular weight excluding hydrogens is 154 g/mol. The van der Waals surface area contributed by atoms with E-state index in [-0.39, 0.29) is 0 Å². The zero-order chi connectivity index (χ0) is 8.16. The summed E-state index contributed by atoms with van der Waals surface area (Å²) >= 11 is 2.01. The Labute approximate surface area is 73.6 Å². The molecule has 0 unspecified atom stereocenters. The zero-order valence-corrected chi connectivity index (χ0v) is 8.04. The number of rotatable bonds is 6. The number of hydrogen-bond acceptors (Lipinski definition) is 2. The molecule has 0 aromatic rings. The first kappa shape index (κ1) is 9.14. The lowest BCUT2D eigenvalue weighted by atomic mass is 10.3. The van der Waals surface area contributed by atoms with Crippen molar-refractivity contribution in [3.05, 3.63) is 12.7 Å². The maximum Gasteiger partial charge on any atom is 0.0282 e. The van der Waals surface area contributed by atoms with Gasteiger partial charge in [-0.2, -0.15) is 11.8 Å². The summed E-state index contributed by atoms with van der Waals surface area (Å²) in [5.74, 6) is 0. The third kappa shape index (κ3) is 2.88. The van der Waals surface area contributed by atoms with Crippen LogP contribution in [-0.2, 0) is 0 Å². The first-order chi connectivity index (χ1) is 5.33. The lowest BCUT2D eigenvalue weighted by Gasteiger charge is -2.11. The molecule has 1 aliphatic carbocycles. The van der Waals surface area contributed by atoms with Crippen molar-refractivity contribution in [2.24, 2.45) is 0 Å². The molecule has 0 aromatic heterocycles. The summed E-state index contributed by atoms with van der Waals surface area (Å²) in [5, 5.41) is 3.45. The van der Waals surface area contributed by atoms with Gasteiger partial charge in [0.2, 0.25) is 0 Å². The van der Waals surface area contributed by atoms with Crippen LogP contribution in [-0.4, -0.2) is 24.1 Å². The van der Waals surface area contributed by atoms with Crippen molar-refractivity contribution < 1.29 is 0 Å². The highest BCUT2D eigenvalue weighted by molar-refractivity contribution is 8.00. The third-order valence-corrected chi connectivity index (χ3v) is 3.63. The van der Waals surface area contributed by atoms with E-state index >= 15 is 0 Å². The summed E-state index contributed by atoms with van der Waals surface area (Å²) < 4.78 is 0.612. The summed E-state index contributed by atoms with van der Waals surface area (Å²) in [6.07, 6.45) is 8.06. The van der Waals surface area contributed by atoms with Crippen LogP contribution in [0, 0.1) is 0 Å². The van der Waals surface area contributed by atoms with Gasteiger partial charge in [-0.1, -0.05) is 6.08 Å². The Balaban J connectivity index is 1.98. The SMILES string of the molecule is C=CCCNCC1(SC)CC1. The second-order valence-electron chi connectivity index (χ2n) is 3.14. The van der Waals surface area contributed by atoms with E-state index in [2.05, 4.69) is 18.2 Å². The van der Waals surface area contributed by atoms with Crippen LogP contribution in [0.15, 0.2) is 12.7 Å². The molecule has 1 nitrogen and oxygen atoms in total. The summed E-state index contributed by atoms with van der Waals surface area (Å²) in [6.45, 7) is 5.96.